The maximum absolute atomic E-state index is 14.0. The maximum Gasteiger partial charge on any atom is 0.309 e. The summed E-state index contributed by atoms with van der Waals surface area (Å²) in [5.41, 5.74) is 1.73. The highest BCUT2D eigenvalue weighted by molar-refractivity contribution is 6.30. The summed E-state index contributed by atoms with van der Waals surface area (Å²) in [6, 6.07) is 9.14. The molecular weight excluding hydrogens is 338 g/mol. The summed E-state index contributed by atoms with van der Waals surface area (Å²) in [7, 11) is 0. The Balaban J connectivity index is 2.09. The number of halogens is 3. The van der Waals surface area contributed by atoms with Crippen molar-refractivity contribution >= 4 is 28.5 Å². The predicted octanol–water partition coefficient (Wildman–Crippen LogP) is 3.97. The van der Waals surface area contributed by atoms with Crippen LogP contribution in [0.2, 0.25) is 5.02 Å². The molecule has 0 fully saturated rings. The molecule has 0 aliphatic carbocycles. The van der Waals surface area contributed by atoms with Crippen molar-refractivity contribution in [3.05, 3.63) is 64.1 Å². The lowest BCUT2D eigenvalue weighted by atomic mass is 10.1. The molecule has 0 bridgehead atoms. The number of carboxylic acid groups (broad SMARTS) is 1. The molecule has 0 amide bonds. The number of benzene rings is 2. The number of aromatic nitrogens is 2. The van der Waals surface area contributed by atoms with Crippen molar-refractivity contribution in [3.8, 4) is 0 Å². The molecule has 0 radical (unpaired) electrons. The number of carbonyl (C=O) groups is 1. The van der Waals surface area contributed by atoms with E-state index in [1.165, 1.54) is 10.7 Å². The van der Waals surface area contributed by atoms with Crippen molar-refractivity contribution in [2.45, 2.75) is 19.6 Å². The van der Waals surface area contributed by atoms with Gasteiger partial charge in [0.1, 0.15) is 12.5 Å². The first-order valence-electron chi connectivity index (χ1n) is 7.18. The maximum atomic E-state index is 14.0. The second-order valence-corrected chi connectivity index (χ2v) is 5.83. The number of hydrogen-bond acceptors (Lipinski definition) is 2. The molecule has 3 aromatic rings. The smallest absolute Gasteiger partial charge is 0.309 e. The summed E-state index contributed by atoms with van der Waals surface area (Å²) >= 11 is 5.75. The van der Waals surface area contributed by atoms with Gasteiger partial charge in [0.2, 0.25) is 0 Å². The van der Waals surface area contributed by atoms with Crippen molar-refractivity contribution in [2.75, 3.05) is 0 Å². The summed E-state index contributed by atoms with van der Waals surface area (Å²) in [4.78, 5) is 11.0. The van der Waals surface area contributed by atoms with Crippen LogP contribution in [0.1, 0.15) is 16.8 Å². The van der Waals surface area contributed by atoms with E-state index in [9.17, 15) is 13.6 Å². The summed E-state index contributed by atoms with van der Waals surface area (Å²) in [5, 5.41) is 14.2. The third kappa shape index (κ3) is 3.23. The van der Waals surface area contributed by atoms with Crippen LogP contribution in [0.4, 0.5) is 8.78 Å². The van der Waals surface area contributed by atoms with Crippen LogP contribution in [-0.4, -0.2) is 20.9 Å². The Kier molecular flexibility index (Phi) is 4.49. The summed E-state index contributed by atoms with van der Waals surface area (Å²) in [6.45, 7) is -0.556. The topological polar surface area (TPSA) is 55.1 Å². The summed E-state index contributed by atoms with van der Waals surface area (Å²) in [6.07, 6.45) is -0.262. The van der Waals surface area contributed by atoms with Gasteiger partial charge in [-0.1, -0.05) is 29.8 Å². The second-order valence-electron chi connectivity index (χ2n) is 5.40. The van der Waals surface area contributed by atoms with Gasteiger partial charge in [-0.25, -0.2) is 8.78 Å². The van der Waals surface area contributed by atoms with E-state index >= 15 is 0 Å². The van der Waals surface area contributed by atoms with Crippen LogP contribution >= 0.6 is 11.6 Å². The Bertz CT molecular complexity index is 924. The van der Waals surface area contributed by atoms with E-state index < -0.39 is 18.5 Å². The molecule has 3 rings (SSSR count). The average molecular weight is 351 g/mol. The molecule has 124 valence electrons. The van der Waals surface area contributed by atoms with Gasteiger partial charge in [-0.15, -0.1) is 0 Å². The molecular formula is C17H13ClF2N2O2. The largest absolute Gasteiger partial charge is 0.481 e. The molecule has 0 unspecified atom stereocenters. The number of aliphatic carboxylic acids is 1. The monoisotopic (exact) mass is 350 g/mol. The average Bonchev–Trinajstić information content (AvgIpc) is 2.86. The zero-order chi connectivity index (χ0) is 17.3. The summed E-state index contributed by atoms with van der Waals surface area (Å²) < 4.78 is 28.4. The third-order valence-electron chi connectivity index (χ3n) is 3.70. The highest BCUT2D eigenvalue weighted by atomic mass is 35.5. The van der Waals surface area contributed by atoms with Crippen LogP contribution in [0.5, 0.6) is 0 Å². The van der Waals surface area contributed by atoms with E-state index in [0.717, 1.165) is 0 Å². The molecule has 7 heteroatoms. The van der Waals surface area contributed by atoms with Crippen molar-refractivity contribution in [2.24, 2.45) is 0 Å². The Hall–Kier alpha value is -2.47. The van der Waals surface area contributed by atoms with Crippen molar-refractivity contribution in [3.63, 3.8) is 0 Å². The van der Waals surface area contributed by atoms with Gasteiger partial charge in [-0.2, -0.15) is 5.10 Å². The minimum absolute atomic E-state index is 0.0921. The first kappa shape index (κ1) is 16.4. The minimum atomic E-state index is -1.02. The third-order valence-corrected chi connectivity index (χ3v) is 3.94. The minimum Gasteiger partial charge on any atom is -0.481 e. The molecule has 0 aliphatic heterocycles. The van der Waals surface area contributed by atoms with Crippen molar-refractivity contribution in [1.82, 2.24) is 9.78 Å². The molecule has 0 spiro atoms. The lowest BCUT2D eigenvalue weighted by Gasteiger charge is -2.06. The van der Waals surface area contributed by atoms with Crippen molar-refractivity contribution in [1.29, 1.82) is 0 Å². The Morgan fingerprint density at radius 2 is 2.04 bits per heavy atom. The first-order valence-corrected chi connectivity index (χ1v) is 7.55. The van der Waals surface area contributed by atoms with Crippen LogP contribution < -0.4 is 0 Å². The molecule has 24 heavy (non-hydrogen) atoms. The molecule has 0 saturated heterocycles. The predicted molar refractivity (Wildman–Crippen MR) is 86.4 cm³/mol. The van der Waals surface area contributed by atoms with Gasteiger partial charge in [0, 0.05) is 16.0 Å². The quantitative estimate of drug-likeness (QED) is 0.757. The number of fused-ring (bicyclic) bond motifs is 1. The molecule has 1 N–H and O–H groups in total. The van der Waals surface area contributed by atoms with Gasteiger partial charge in [0.15, 0.2) is 0 Å². The highest BCUT2D eigenvalue weighted by Gasteiger charge is 2.15. The number of alkyl halides is 1. The zero-order valence-corrected chi connectivity index (χ0v) is 13.2. The van der Waals surface area contributed by atoms with E-state index in [1.54, 1.807) is 30.3 Å². The molecule has 0 aliphatic rings. The number of nitrogens with zero attached hydrogens (tertiary/aromatic N) is 2. The van der Waals surface area contributed by atoms with Gasteiger partial charge in [-0.05, 0) is 23.8 Å². The molecule has 0 atom stereocenters. The summed E-state index contributed by atoms with van der Waals surface area (Å²) in [5.74, 6) is -1.50. The van der Waals surface area contributed by atoms with Gasteiger partial charge in [-0.3, -0.25) is 9.48 Å². The normalized spacial score (nSPS) is 11.1. The van der Waals surface area contributed by atoms with Gasteiger partial charge in [0.25, 0.3) is 0 Å². The van der Waals surface area contributed by atoms with Gasteiger partial charge in [0.05, 0.1) is 24.2 Å². The lowest BCUT2D eigenvalue weighted by Crippen LogP contribution is -2.06. The van der Waals surface area contributed by atoms with Crippen LogP contribution in [0, 0.1) is 5.82 Å². The SMILES string of the molecule is O=C(O)Cc1nn(Cc2ccc(Cl)cc2F)c2cc(CF)ccc12. The van der Waals surface area contributed by atoms with E-state index in [-0.39, 0.29) is 18.0 Å². The molecule has 1 aromatic heterocycles. The fourth-order valence-electron chi connectivity index (χ4n) is 2.58. The second kappa shape index (κ2) is 6.57. The van der Waals surface area contributed by atoms with E-state index in [0.29, 0.717) is 27.7 Å². The van der Waals surface area contributed by atoms with Crippen molar-refractivity contribution < 1.29 is 18.7 Å². The fraction of sp³-hybridized carbons (Fsp3) is 0.176. The molecule has 1 heterocycles. The molecule has 2 aromatic carbocycles. The Morgan fingerprint density at radius 1 is 1.25 bits per heavy atom. The van der Waals surface area contributed by atoms with Gasteiger partial charge < -0.3 is 5.11 Å². The first-order chi connectivity index (χ1) is 11.5. The van der Waals surface area contributed by atoms with Gasteiger partial charge >= 0.3 is 5.97 Å². The van der Waals surface area contributed by atoms with Crippen LogP contribution in [0.3, 0.4) is 0 Å². The van der Waals surface area contributed by atoms with Crippen LogP contribution in [-0.2, 0) is 24.4 Å². The number of rotatable bonds is 5. The number of hydrogen-bond donors (Lipinski definition) is 1. The Labute approximate surface area is 141 Å². The van der Waals surface area contributed by atoms with E-state index in [1.807, 2.05) is 0 Å². The van der Waals surface area contributed by atoms with Crippen LogP contribution in [0.15, 0.2) is 36.4 Å². The Morgan fingerprint density at radius 3 is 2.71 bits per heavy atom. The highest BCUT2D eigenvalue weighted by Crippen LogP contribution is 2.23. The number of carboxylic acids is 1. The van der Waals surface area contributed by atoms with E-state index in [4.69, 9.17) is 16.7 Å². The zero-order valence-electron chi connectivity index (χ0n) is 12.5. The standard InChI is InChI=1S/C17H13ClF2N2O2/c18-12-3-2-11(14(20)6-12)9-22-16-5-10(8-19)1-4-13(16)15(21-22)7-17(23)24/h1-6H,7-9H2,(H,23,24). The van der Waals surface area contributed by atoms with Crippen LogP contribution in [0.25, 0.3) is 10.9 Å². The fourth-order valence-corrected chi connectivity index (χ4v) is 2.74. The molecule has 0 saturated carbocycles. The van der Waals surface area contributed by atoms with E-state index in [2.05, 4.69) is 5.10 Å². The lowest BCUT2D eigenvalue weighted by molar-refractivity contribution is -0.136. The molecule has 4 nitrogen and oxygen atoms in total.